The fraction of sp³-hybridized carbons (Fsp3) is 0.200. The summed E-state index contributed by atoms with van der Waals surface area (Å²) in [5.41, 5.74) is 2.49. The lowest BCUT2D eigenvalue weighted by molar-refractivity contribution is -0.126. The SMILES string of the molecule is C#CC(=O)N1CCCC(NC(=O)c2sc3nccc4c3c2N(c2ccc(Oc3ccccc3)cc2C)C(=O)N4)C1. The topological polar surface area (TPSA) is 104 Å². The second kappa shape index (κ2) is 10.4. The van der Waals surface area contributed by atoms with Gasteiger partial charge in [0.2, 0.25) is 0 Å². The van der Waals surface area contributed by atoms with E-state index < -0.39 is 0 Å². The minimum absolute atomic E-state index is 0.259. The molecule has 0 radical (unpaired) electrons. The van der Waals surface area contributed by atoms with Crippen LogP contribution in [0.1, 0.15) is 28.1 Å². The normalized spacial score (nSPS) is 16.3. The van der Waals surface area contributed by atoms with Gasteiger partial charge in [-0.3, -0.25) is 14.5 Å². The minimum Gasteiger partial charge on any atom is -0.457 e. The number of anilines is 3. The Kier molecular flexibility index (Phi) is 6.58. The van der Waals surface area contributed by atoms with Crippen molar-refractivity contribution in [2.24, 2.45) is 0 Å². The summed E-state index contributed by atoms with van der Waals surface area (Å²) >= 11 is 1.23. The van der Waals surface area contributed by atoms with Gasteiger partial charge in [-0.05, 0) is 67.6 Å². The van der Waals surface area contributed by atoms with Crippen molar-refractivity contribution in [2.45, 2.75) is 25.8 Å². The van der Waals surface area contributed by atoms with Gasteiger partial charge < -0.3 is 20.3 Å². The first kappa shape index (κ1) is 25.4. The Morgan fingerprint density at radius 3 is 2.77 bits per heavy atom. The van der Waals surface area contributed by atoms with Crippen LogP contribution in [0.5, 0.6) is 11.5 Å². The highest BCUT2D eigenvalue weighted by Gasteiger charge is 2.36. The third kappa shape index (κ3) is 4.61. The number of rotatable bonds is 5. The first-order chi connectivity index (χ1) is 19.4. The average Bonchev–Trinajstić information content (AvgIpc) is 3.35. The quantitative estimate of drug-likeness (QED) is 0.322. The van der Waals surface area contributed by atoms with Crippen molar-refractivity contribution in [3.05, 3.63) is 71.2 Å². The average molecular weight is 552 g/mol. The molecule has 1 unspecified atom stereocenters. The Morgan fingerprint density at radius 1 is 1.18 bits per heavy atom. The molecule has 2 aliphatic rings. The fourth-order valence-corrected chi connectivity index (χ4v) is 6.23. The van der Waals surface area contributed by atoms with E-state index in [9.17, 15) is 14.4 Å². The number of nitrogens with one attached hydrogen (secondary N) is 2. The van der Waals surface area contributed by atoms with Crippen LogP contribution in [0.3, 0.4) is 0 Å². The van der Waals surface area contributed by atoms with Crippen molar-refractivity contribution in [3.63, 3.8) is 0 Å². The van der Waals surface area contributed by atoms with Crippen molar-refractivity contribution in [2.75, 3.05) is 23.3 Å². The van der Waals surface area contributed by atoms with Crippen LogP contribution in [-0.2, 0) is 4.79 Å². The number of terminal acetylenes is 1. The molecule has 2 N–H and O–H groups in total. The van der Waals surface area contributed by atoms with Gasteiger partial charge >= 0.3 is 6.03 Å². The molecule has 1 atom stereocenters. The first-order valence-electron chi connectivity index (χ1n) is 12.9. The Bertz CT molecular complexity index is 1690. The summed E-state index contributed by atoms with van der Waals surface area (Å²) in [7, 11) is 0. The number of para-hydroxylation sites is 1. The molecule has 1 fully saturated rings. The third-order valence-electron chi connectivity index (χ3n) is 7.00. The number of thiophene rings is 1. The van der Waals surface area contributed by atoms with E-state index in [0.717, 1.165) is 18.4 Å². The van der Waals surface area contributed by atoms with Crippen molar-refractivity contribution >= 4 is 56.5 Å². The summed E-state index contributed by atoms with van der Waals surface area (Å²) in [5, 5.41) is 6.71. The number of aromatic nitrogens is 1. The molecule has 10 heteroatoms. The molecule has 6 rings (SSSR count). The van der Waals surface area contributed by atoms with Gasteiger partial charge in [-0.25, -0.2) is 9.78 Å². The van der Waals surface area contributed by atoms with Gasteiger partial charge in [-0.1, -0.05) is 18.2 Å². The van der Waals surface area contributed by atoms with Crippen LogP contribution in [0.4, 0.5) is 21.9 Å². The molecule has 0 spiro atoms. The maximum atomic E-state index is 13.7. The van der Waals surface area contributed by atoms with Crippen LogP contribution < -0.4 is 20.3 Å². The molecule has 2 aromatic carbocycles. The molecule has 0 aliphatic carbocycles. The Labute approximate surface area is 234 Å². The molecule has 1 saturated heterocycles. The zero-order valence-corrected chi connectivity index (χ0v) is 22.5. The molecule has 4 aromatic rings. The standard InChI is InChI=1S/C30H25N5O4S/c1-3-24(36)34-15-7-8-19(17-34)32-28(37)27-26-25-22(13-14-31-29(25)40-27)33-30(38)35(26)23-12-11-21(16-18(23)2)39-20-9-5-4-6-10-20/h1,4-6,9-14,16,19H,7-8,15,17H2,2H3,(H,32,37)(H,33,38). The van der Waals surface area contributed by atoms with Crippen LogP contribution in [0.25, 0.3) is 10.2 Å². The van der Waals surface area contributed by atoms with Gasteiger partial charge in [0.05, 0.1) is 22.4 Å². The van der Waals surface area contributed by atoms with E-state index in [4.69, 9.17) is 11.2 Å². The predicted octanol–water partition coefficient (Wildman–Crippen LogP) is 5.43. The van der Waals surface area contributed by atoms with Crippen molar-refractivity contribution in [1.29, 1.82) is 0 Å². The summed E-state index contributed by atoms with van der Waals surface area (Å²) in [4.78, 5) is 47.9. The lowest BCUT2D eigenvalue weighted by Crippen LogP contribution is -2.49. The number of ether oxygens (including phenoxy) is 1. The van der Waals surface area contributed by atoms with E-state index in [1.165, 1.54) is 16.2 Å². The number of aryl methyl sites for hydroxylation is 1. The highest BCUT2D eigenvalue weighted by Crippen LogP contribution is 2.47. The van der Waals surface area contributed by atoms with Crippen LogP contribution in [-0.4, -0.2) is 46.9 Å². The number of benzene rings is 2. The van der Waals surface area contributed by atoms with E-state index in [1.54, 1.807) is 23.2 Å². The molecule has 2 aromatic heterocycles. The highest BCUT2D eigenvalue weighted by atomic mass is 32.1. The third-order valence-corrected chi connectivity index (χ3v) is 8.08. The lowest BCUT2D eigenvalue weighted by atomic mass is 10.0. The van der Waals surface area contributed by atoms with Crippen LogP contribution >= 0.6 is 11.3 Å². The van der Waals surface area contributed by atoms with Gasteiger partial charge in [-0.2, -0.15) is 0 Å². The Morgan fingerprint density at radius 2 is 2.00 bits per heavy atom. The smallest absolute Gasteiger partial charge is 0.331 e. The molecule has 4 amide bonds. The summed E-state index contributed by atoms with van der Waals surface area (Å²) in [6, 6.07) is 16.0. The lowest BCUT2D eigenvalue weighted by Gasteiger charge is -2.32. The maximum Gasteiger partial charge on any atom is 0.331 e. The predicted molar refractivity (Wildman–Crippen MR) is 154 cm³/mol. The number of pyridine rings is 1. The van der Waals surface area contributed by atoms with E-state index in [1.807, 2.05) is 49.4 Å². The summed E-state index contributed by atoms with van der Waals surface area (Å²) in [5.74, 6) is 2.77. The number of nitrogens with zero attached hydrogens (tertiary/aromatic N) is 3. The summed E-state index contributed by atoms with van der Waals surface area (Å²) in [6.07, 6.45) is 8.36. The maximum absolute atomic E-state index is 13.7. The number of amides is 4. The summed E-state index contributed by atoms with van der Waals surface area (Å²) in [6.45, 7) is 2.79. The second-order valence-electron chi connectivity index (χ2n) is 9.66. The van der Waals surface area contributed by atoms with E-state index in [0.29, 0.717) is 56.7 Å². The molecule has 200 valence electrons. The molecular weight excluding hydrogens is 526 g/mol. The molecule has 2 aliphatic heterocycles. The number of likely N-dealkylation sites (tertiary alicyclic amines) is 1. The monoisotopic (exact) mass is 551 g/mol. The van der Waals surface area contributed by atoms with Gasteiger partial charge in [0.1, 0.15) is 21.2 Å². The van der Waals surface area contributed by atoms with E-state index >= 15 is 0 Å². The zero-order chi connectivity index (χ0) is 27.8. The first-order valence-corrected chi connectivity index (χ1v) is 13.7. The van der Waals surface area contributed by atoms with Crippen molar-refractivity contribution in [1.82, 2.24) is 15.2 Å². The largest absolute Gasteiger partial charge is 0.457 e. The van der Waals surface area contributed by atoms with Gasteiger partial charge in [0.25, 0.3) is 11.8 Å². The molecule has 0 bridgehead atoms. The number of urea groups is 1. The van der Waals surface area contributed by atoms with E-state index in [-0.39, 0.29) is 23.9 Å². The number of hydrogen-bond donors (Lipinski definition) is 2. The summed E-state index contributed by atoms with van der Waals surface area (Å²) < 4.78 is 5.98. The number of hydrogen-bond acceptors (Lipinski definition) is 6. The number of piperidine rings is 1. The van der Waals surface area contributed by atoms with Crippen molar-refractivity contribution in [3.8, 4) is 23.8 Å². The fourth-order valence-electron chi connectivity index (χ4n) is 5.17. The second-order valence-corrected chi connectivity index (χ2v) is 10.7. The molecule has 9 nitrogen and oxygen atoms in total. The Hall–Kier alpha value is -4.88. The van der Waals surface area contributed by atoms with Crippen LogP contribution in [0, 0.1) is 19.3 Å². The molecule has 0 saturated carbocycles. The van der Waals surface area contributed by atoms with Gasteiger partial charge in [0, 0.05) is 25.3 Å². The number of carbonyl (C=O) groups is 3. The molecule has 40 heavy (non-hydrogen) atoms. The van der Waals surface area contributed by atoms with Gasteiger partial charge in [0.15, 0.2) is 0 Å². The number of carbonyl (C=O) groups excluding carboxylic acids is 3. The minimum atomic E-state index is -0.386. The van der Waals surface area contributed by atoms with Crippen molar-refractivity contribution < 1.29 is 19.1 Å². The van der Waals surface area contributed by atoms with E-state index in [2.05, 4.69) is 21.5 Å². The Balaban J connectivity index is 1.36. The molecule has 4 heterocycles. The highest BCUT2D eigenvalue weighted by molar-refractivity contribution is 7.21. The molecular formula is C30H25N5O4S. The zero-order valence-electron chi connectivity index (χ0n) is 21.6. The van der Waals surface area contributed by atoms with Gasteiger partial charge in [-0.15, -0.1) is 17.8 Å². The van der Waals surface area contributed by atoms with Crippen LogP contribution in [0.2, 0.25) is 0 Å². The van der Waals surface area contributed by atoms with Crippen LogP contribution in [0.15, 0.2) is 60.8 Å².